The first kappa shape index (κ1) is 28.0. The summed E-state index contributed by atoms with van der Waals surface area (Å²) in [5.41, 5.74) is 0.544. The van der Waals surface area contributed by atoms with E-state index < -0.39 is 45.7 Å². The van der Waals surface area contributed by atoms with Gasteiger partial charge in [-0.05, 0) is 30.0 Å². The Bertz CT molecular complexity index is 1230. The summed E-state index contributed by atoms with van der Waals surface area (Å²) in [7, 11) is -4.46. The van der Waals surface area contributed by atoms with Crippen LogP contribution in [0.15, 0.2) is 65.6 Å². The van der Waals surface area contributed by atoms with Crippen LogP contribution in [0.5, 0.6) is 0 Å². The van der Waals surface area contributed by atoms with Gasteiger partial charge in [0.05, 0.1) is 17.5 Å². The van der Waals surface area contributed by atoms with E-state index in [0.29, 0.717) is 9.87 Å². The zero-order valence-corrected chi connectivity index (χ0v) is 21.4. The van der Waals surface area contributed by atoms with Crippen LogP contribution in [-0.2, 0) is 35.6 Å². The lowest BCUT2D eigenvalue weighted by Gasteiger charge is -2.37. The number of carbonyl (C=O) groups excluding carboxylic acids is 4. The van der Waals surface area contributed by atoms with Crippen molar-refractivity contribution in [1.82, 2.24) is 9.21 Å². The Morgan fingerprint density at radius 3 is 2.11 bits per heavy atom. The predicted molar refractivity (Wildman–Crippen MR) is 131 cm³/mol. The molecule has 0 aliphatic carbocycles. The Morgan fingerprint density at radius 2 is 1.59 bits per heavy atom. The van der Waals surface area contributed by atoms with Gasteiger partial charge in [-0.3, -0.25) is 14.4 Å². The number of carboxylic acid groups (broad SMARTS) is 1. The third kappa shape index (κ3) is 6.60. The maximum Gasteiger partial charge on any atom is 0.311 e. The van der Waals surface area contributed by atoms with E-state index in [-0.39, 0.29) is 43.4 Å². The summed E-state index contributed by atoms with van der Waals surface area (Å²) in [5, 5.41) is 12.1. The molecule has 0 aromatic heterocycles. The molecule has 0 saturated carbocycles. The molecule has 1 heterocycles. The van der Waals surface area contributed by atoms with E-state index in [1.807, 2.05) is 0 Å². The lowest BCUT2D eigenvalue weighted by molar-refractivity contribution is -0.270. The zero-order valence-electron chi connectivity index (χ0n) is 20.6. The number of sulfonamides is 1. The summed E-state index contributed by atoms with van der Waals surface area (Å²) < 4.78 is 32.2. The largest absolute Gasteiger partial charge is 0.530 e. The topological polar surface area (TPSA) is 141 Å². The Kier molecular flexibility index (Phi) is 9.17. The van der Waals surface area contributed by atoms with Crippen molar-refractivity contribution in [3.8, 4) is 0 Å². The molecule has 1 fully saturated rings. The number of benzene rings is 2. The maximum atomic E-state index is 13.5. The normalized spacial score (nSPS) is 16.2. The van der Waals surface area contributed by atoms with Gasteiger partial charge in [-0.1, -0.05) is 62.4 Å². The van der Waals surface area contributed by atoms with Crippen LogP contribution < -0.4 is 5.11 Å². The molecule has 0 N–H and O–H groups in total. The van der Waals surface area contributed by atoms with Crippen LogP contribution in [-0.4, -0.2) is 73.0 Å². The van der Waals surface area contributed by atoms with Gasteiger partial charge in [0.1, 0.15) is 12.1 Å². The predicted octanol–water partition coefficient (Wildman–Crippen LogP) is 1.04. The third-order valence-corrected chi connectivity index (χ3v) is 7.69. The van der Waals surface area contributed by atoms with Crippen molar-refractivity contribution in [2.45, 2.75) is 43.7 Å². The molecule has 10 nitrogen and oxygen atoms in total. The van der Waals surface area contributed by atoms with Gasteiger partial charge in [-0.25, -0.2) is 12.7 Å². The second kappa shape index (κ2) is 12.1. The van der Waals surface area contributed by atoms with Crippen LogP contribution in [0.3, 0.4) is 0 Å². The lowest BCUT2D eigenvalue weighted by Crippen LogP contribution is -2.59. The SMILES string of the molecule is CC(C)CN(C(=O)C(=O)C(=O)C(Cc1ccccc1)N(C(=O)[O-])[C@H]1CCOC1)S(=O)(=O)c1ccccc1. The molecule has 2 atom stereocenters. The van der Waals surface area contributed by atoms with E-state index in [2.05, 4.69) is 0 Å². The van der Waals surface area contributed by atoms with Crippen LogP contribution in [0, 0.1) is 5.92 Å². The number of hydrogen-bond acceptors (Lipinski definition) is 8. The van der Waals surface area contributed by atoms with E-state index in [1.54, 1.807) is 50.2 Å². The minimum absolute atomic E-state index is 0.00343. The molecule has 1 aliphatic heterocycles. The van der Waals surface area contributed by atoms with Gasteiger partial charge in [0, 0.05) is 19.6 Å². The monoisotopic (exact) mass is 529 g/mol. The fraction of sp³-hybridized carbons (Fsp3) is 0.385. The number of Topliss-reactive ketones (excluding diaryl/α,β-unsaturated/α-hetero) is 2. The van der Waals surface area contributed by atoms with Gasteiger partial charge in [-0.15, -0.1) is 0 Å². The van der Waals surface area contributed by atoms with E-state index in [9.17, 15) is 32.7 Å². The lowest BCUT2D eigenvalue weighted by atomic mass is 9.96. The van der Waals surface area contributed by atoms with Crippen molar-refractivity contribution >= 4 is 33.6 Å². The van der Waals surface area contributed by atoms with Crippen LogP contribution in [0.4, 0.5) is 4.79 Å². The number of rotatable bonds is 11. The van der Waals surface area contributed by atoms with Crippen LogP contribution in [0.2, 0.25) is 0 Å². The molecular formula is C26H29N2O8S-. The Morgan fingerprint density at radius 1 is 1.00 bits per heavy atom. The summed E-state index contributed by atoms with van der Waals surface area (Å²) in [6.45, 7) is 3.22. The van der Waals surface area contributed by atoms with Crippen molar-refractivity contribution in [2.75, 3.05) is 19.8 Å². The molecule has 0 bridgehead atoms. The van der Waals surface area contributed by atoms with Crippen molar-refractivity contribution in [2.24, 2.45) is 5.92 Å². The molecule has 3 rings (SSSR count). The molecule has 0 spiro atoms. The molecule has 1 unspecified atom stereocenters. The van der Waals surface area contributed by atoms with Gasteiger partial charge in [-0.2, -0.15) is 0 Å². The van der Waals surface area contributed by atoms with E-state index >= 15 is 0 Å². The van der Waals surface area contributed by atoms with Gasteiger partial charge in [0.15, 0.2) is 0 Å². The summed E-state index contributed by atoms with van der Waals surface area (Å²) in [6, 6.07) is 13.1. The average Bonchev–Trinajstić information content (AvgIpc) is 3.40. The van der Waals surface area contributed by atoms with Crippen molar-refractivity contribution in [3.63, 3.8) is 0 Å². The number of hydrogen-bond donors (Lipinski definition) is 0. The standard InChI is InChI=1S/C26H30N2O8S/c1-18(2)16-27(37(34,35)21-11-7-4-8-12-21)25(31)24(30)23(29)22(15-19-9-5-3-6-10-19)28(26(32)33)20-13-14-36-17-20/h3-12,18,20,22H,13-17H2,1-2H3,(H,32,33)/p-1/t20-,22?/m0/s1. The van der Waals surface area contributed by atoms with E-state index in [4.69, 9.17) is 4.74 Å². The molecule has 198 valence electrons. The highest BCUT2D eigenvalue weighted by molar-refractivity contribution is 7.89. The Balaban J connectivity index is 1.99. The molecule has 0 radical (unpaired) electrons. The molecule has 2 aromatic carbocycles. The smallest absolute Gasteiger partial charge is 0.311 e. The second-order valence-electron chi connectivity index (χ2n) is 9.14. The maximum absolute atomic E-state index is 13.5. The van der Waals surface area contributed by atoms with E-state index in [0.717, 1.165) is 4.90 Å². The molecule has 37 heavy (non-hydrogen) atoms. The molecular weight excluding hydrogens is 500 g/mol. The van der Waals surface area contributed by atoms with E-state index in [1.165, 1.54) is 24.3 Å². The summed E-state index contributed by atoms with van der Waals surface area (Å²) in [6.07, 6.45) is -1.63. The zero-order chi connectivity index (χ0) is 27.2. The number of nitrogens with zero attached hydrogens (tertiary/aromatic N) is 2. The number of carbonyl (C=O) groups is 4. The number of ether oxygens (including phenoxy) is 1. The first-order valence-corrected chi connectivity index (χ1v) is 13.3. The minimum Gasteiger partial charge on any atom is -0.530 e. The first-order valence-electron chi connectivity index (χ1n) is 11.8. The molecule has 2 amide bonds. The number of amides is 2. The highest BCUT2D eigenvalue weighted by Gasteiger charge is 2.42. The molecule has 1 aliphatic rings. The first-order chi connectivity index (χ1) is 17.5. The Hall–Kier alpha value is -3.57. The second-order valence-corrected chi connectivity index (χ2v) is 11.0. The highest BCUT2D eigenvalue weighted by atomic mass is 32.2. The highest BCUT2D eigenvalue weighted by Crippen LogP contribution is 2.22. The van der Waals surface area contributed by atoms with Crippen molar-refractivity contribution in [1.29, 1.82) is 0 Å². The number of ketones is 2. The average molecular weight is 530 g/mol. The summed E-state index contributed by atoms with van der Waals surface area (Å²) in [4.78, 5) is 52.7. The van der Waals surface area contributed by atoms with Crippen LogP contribution in [0.25, 0.3) is 0 Å². The van der Waals surface area contributed by atoms with Crippen molar-refractivity contribution in [3.05, 3.63) is 66.2 Å². The van der Waals surface area contributed by atoms with Gasteiger partial charge in [0.25, 0.3) is 15.8 Å². The van der Waals surface area contributed by atoms with Crippen LogP contribution >= 0.6 is 0 Å². The quantitative estimate of drug-likeness (QED) is 0.311. The summed E-state index contributed by atoms with van der Waals surface area (Å²) in [5.74, 6) is -4.85. The van der Waals surface area contributed by atoms with Gasteiger partial charge in [0.2, 0.25) is 5.78 Å². The molecule has 1 saturated heterocycles. The molecule has 2 aromatic rings. The molecule has 11 heteroatoms. The van der Waals surface area contributed by atoms with Gasteiger partial charge >= 0.3 is 5.91 Å². The fourth-order valence-corrected chi connectivity index (χ4v) is 5.69. The minimum atomic E-state index is -4.46. The summed E-state index contributed by atoms with van der Waals surface area (Å²) >= 11 is 0. The van der Waals surface area contributed by atoms with Crippen LogP contribution in [0.1, 0.15) is 25.8 Å². The Labute approximate surface area is 215 Å². The fourth-order valence-electron chi connectivity index (χ4n) is 4.14. The van der Waals surface area contributed by atoms with Gasteiger partial charge < -0.3 is 19.5 Å². The van der Waals surface area contributed by atoms with Crippen molar-refractivity contribution < 1.29 is 37.4 Å². The third-order valence-electron chi connectivity index (χ3n) is 5.93.